The molecule has 1 fully saturated rings. The topological polar surface area (TPSA) is 81.4 Å². The number of nitrogens with one attached hydrogen (secondary N) is 1. The zero-order valence-electron chi connectivity index (χ0n) is 6.82. The maximum absolute atomic E-state index is 10.4. The molecule has 0 spiro atoms. The molecule has 0 aromatic rings. The zero-order valence-corrected chi connectivity index (χ0v) is 7.64. The third kappa shape index (κ3) is 4.01. The van der Waals surface area contributed by atoms with Gasteiger partial charge >= 0.3 is 0 Å². The van der Waals surface area contributed by atoms with Gasteiger partial charge in [0.25, 0.3) is 10.2 Å². The number of hydrogen-bond acceptors (Lipinski definition) is 3. The van der Waals surface area contributed by atoms with Gasteiger partial charge in [-0.3, -0.25) is 0 Å². The number of ether oxygens (including phenoxy) is 1. The molecule has 1 aliphatic rings. The molecule has 0 radical (unpaired) electrons. The molecule has 1 unspecified atom stereocenters. The smallest absolute Gasteiger partial charge is 0.274 e. The van der Waals surface area contributed by atoms with E-state index in [2.05, 4.69) is 4.72 Å². The summed E-state index contributed by atoms with van der Waals surface area (Å²) in [5.74, 6) is 0. The molecule has 0 bridgehead atoms. The van der Waals surface area contributed by atoms with Crippen molar-refractivity contribution in [3.8, 4) is 0 Å². The van der Waals surface area contributed by atoms with E-state index >= 15 is 0 Å². The van der Waals surface area contributed by atoms with Crippen molar-refractivity contribution in [2.45, 2.75) is 25.4 Å². The Morgan fingerprint density at radius 2 is 2.33 bits per heavy atom. The Balaban J connectivity index is 2.09. The molecule has 0 saturated carbocycles. The van der Waals surface area contributed by atoms with Gasteiger partial charge in [-0.25, -0.2) is 9.86 Å². The van der Waals surface area contributed by atoms with E-state index in [1.54, 1.807) is 0 Å². The lowest BCUT2D eigenvalue weighted by Crippen LogP contribution is -2.32. The molecular formula is C6H14N2O3S. The zero-order chi connectivity index (χ0) is 9.03. The molecule has 1 atom stereocenters. The lowest BCUT2D eigenvalue weighted by molar-refractivity contribution is 0.105. The van der Waals surface area contributed by atoms with Crippen LogP contribution < -0.4 is 9.86 Å². The minimum Gasteiger partial charge on any atom is -0.378 e. The average molecular weight is 194 g/mol. The second-order valence-electron chi connectivity index (χ2n) is 2.86. The van der Waals surface area contributed by atoms with Gasteiger partial charge in [-0.2, -0.15) is 8.42 Å². The Morgan fingerprint density at radius 3 is 2.83 bits per heavy atom. The van der Waals surface area contributed by atoms with Gasteiger partial charge in [-0.1, -0.05) is 0 Å². The van der Waals surface area contributed by atoms with Crippen molar-refractivity contribution < 1.29 is 13.2 Å². The van der Waals surface area contributed by atoms with Crippen LogP contribution in [0.5, 0.6) is 0 Å². The molecule has 6 heteroatoms. The summed E-state index contributed by atoms with van der Waals surface area (Å²) < 4.78 is 28.4. The van der Waals surface area contributed by atoms with Crippen molar-refractivity contribution in [2.24, 2.45) is 5.14 Å². The van der Waals surface area contributed by atoms with Crippen molar-refractivity contribution >= 4 is 10.2 Å². The third-order valence-corrected chi connectivity index (χ3v) is 2.40. The van der Waals surface area contributed by atoms with Crippen molar-refractivity contribution in [2.75, 3.05) is 13.2 Å². The van der Waals surface area contributed by atoms with Crippen LogP contribution in [-0.4, -0.2) is 27.7 Å². The Hall–Kier alpha value is -0.170. The summed E-state index contributed by atoms with van der Waals surface area (Å²) in [7, 11) is -3.52. The summed E-state index contributed by atoms with van der Waals surface area (Å²) in [6.07, 6.45) is 3.00. The molecule has 0 aromatic heterocycles. The monoisotopic (exact) mass is 194 g/mol. The van der Waals surface area contributed by atoms with Crippen LogP contribution in [0.3, 0.4) is 0 Å². The first-order chi connectivity index (χ1) is 5.58. The molecule has 0 amide bonds. The van der Waals surface area contributed by atoms with E-state index in [1.807, 2.05) is 0 Å². The Labute approximate surface area is 72.5 Å². The van der Waals surface area contributed by atoms with Gasteiger partial charge in [0.05, 0.1) is 6.10 Å². The van der Waals surface area contributed by atoms with E-state index < -0.39 is 10.2 Å². The quantitative estimate of drug-likeness (QED) is 0.624. The Morgan fingerprint density at radius 1 is 1.58 bits per heavy atom. The highest BCUT2D eigenvalue weighted by Gasteiger charge is 2.15. The van der Waals surface area contributed by atoms with Crippen molar-refractivity contribution in [3.05, 3.63) is 0 Å². The van der Waals surface area contributed by atoms with Crippen LogP contribution in [0.4, 0.5) is 0 Å². The van der Waals surface area contributed by atoms with Crippen LogP contribution in [0.1, 0.15) is 19.3 Å². The molecule has 1 rings (SSSR count). The molecule has 0 aliphatic carbocycles. The lowest BCUT2D eigenvalue weighted by atomic mass is 10.2. The molecule has 72 valence electrons. The molecule has 5 nitrogen and oxygen atoms in total. The van der Waals surface area contributed by atoms with Gasteiger partial charge in [-0.15, -0.1) is 0 Å². The number of rotatable bonds is 4. The van der Waals surface area contributed by atoms with E-state index in [0.29, 0.717) is 13.0 Å². The van der Waals surface area contributed by atoms with Crippen LogP contribution in [-0.2, 0) is 14.9 Å². The van der Waals surface area contributed by atoms with Gasteiger partial charge < -0.3 is 4.74 Å². The largest absolute Gasteiger partial charge is 0.378 e. The summed E-state index contributed by atoms with van der Waals surface area (Å²) >= 11 is 0. The van der Waals surface area contributed by atoms with Gasteiger partial charge in [0.15, 0.2) is 0 Å². The van der Waals surface area contributed by atoms with E-state index in [-0.39, 0.29) is 6.10 Å². The second-order valence-corrected chi connectivity index (χ2v) is 4.24. The first kappa shape index (κ1) is 9.91. The fourth-order valence-electron chi connectivity index (χ4n) is 1.23. The van der Waals surface area contributed by atoms with Crippen molar-refractivity contribution in [3.63, 3.8) is 0 Å². The highest BCUT2D eigenvalue weighted by Crippen LogP contribution is 2.14. The summed E-state index contributed by atoms with van der Waals surface area (Å²) in [4.78, 5) is 0. The molecule has 1 aliphatic heterocycles. The lowest BCUT2D eigenvalue weighted by Gasteiger charge is -2.08. The molecular weight excluding hydrogens is 180 g/mol. The number of nitrogens with two attached hydrogens (primary N) is 1. The van der Waals surface area contributed by atoms with Crippen LogP contribution in [0.2, 0.25) is 0 Å². The third-order valence-electron chi connectivity index (χ3n) is 1.79. The van der Waals surface area contributed by atoms with E-state index in [0.717, 1.165) is 19.4 Å². The molecule has 3 N–H and O–H groups in total. The first-order valence-corrected chi connectivity index (χ1v) is 5.51. The highest BCUT2D eigenvalue weighted by atomic mass is 32.2. The fourth-order valence-corrected chi connectivity index (χ4v) is 1.64. The fraction of sp³-hybridized carbons (Fsp3) is 1.00. The van der Waals surface area contributed by atoms with Gasteiger partial charge in [0, 0.05) is 13.2 Å². The first-order valence-electron chi connectivity index (χ1n) is 3.97. The SMILES string of the molecule is NS(=O)(=O)NCCC1CCCO1. The summed E-state index contributed by atoms with van der Waals surface area (Å²) in [5.41, 5.74) is 0. The molecule has 0 aromatic carbocycles. The van der Waals surface area contributed by atoms with E-state index in [9.17, 15) is 8.42 Å². The molecule has 12 heavy (non-hydrogen) atoms. The van der Waals surface area contributed by atoms with Crippen molar-refractivity contribution in [1.82, 2.24) is 4.72 Å². The number of hydrogen-bond donors (Lipinski definition) is 2. The Kier molecular flexibility index (Phi) is 3.45. The minimum absolute atomic E-state index is 0.208. The highest BCUT2D eigenvalue weighted by molar-refractivity contribution is 7.87. The van der Waals surface area contributed by atoms with Gasteiger partial charge in [0.1, 0.15) is 0 Å². The van der Waals surface area contributed by atoms with E-state index in [4.69, 9.17) is 9.88 Å². The van der Waals surface area contributed by atoms with Crippen LogP contribution in [0, 0.1) is 0 Å². The predicted molar refractivity (Wildman–Crippen MR) is 44.7 cm³/mol. The average Bonchev–Trinajstić information content (AvgIpc) is 2.36. The van der Waals surface area contributed by atoms with E-state index in [1.165, 1.54) is 0 Å². The molecule has 1 heterocycles. The summed E-state index contributed by atoms with van der Waals surface area (Å²) in [6.45, 7) is 1.16. The standard InChI is InChI=1S/C6H14N2O3S/c7-12(9,10)8-4-3-6-2-1-5-11-6/h6,8H,1-5H2,(H2,7,9,10). The van der Waals surface area contributed by atoms with Crippen LogP contribution in [0.25, 0.3) is 0 Å². The van der Waals surface area contributed by atoms with Crippen LogP contribution in [0.15, 0.2) is 0 Å². The van der Waals surface area contributed by atoms with Gasteiger partial charge in [-0.05, 0) is 19.3 Å². The molecule has 1 saturated heterocycles. The van der Waals surface area contributed by atoms with Crippen LogP contribution >= 0.6 is 0 Å². The summed E-state index contributed by atoms with van der Waals surface area (Å²) in [5, 5.41) is 4.74. The van der Waals surface area contributed by atoms with Gasteiger partial charge in [0.2, 0.25) is 0 Å². The maximum Gasteiger partial charge on any atom is 0.274 e. The normalized spacial score (nSPS) is 24.6. The minimum atomic E-state index is -3.52. The predicted octanol–water partition coefficient (Wildman–Crippen LogP) is -0.651. The van der Waals surface area contributed by atoms with Crippen molar-refractivity contribution in [1.29, 1.82) is 0 Å². The second kappa shape index (κ2) is 4.18. The summed E-state index contributed by atoms with van der Waals surface area (Å²) in [6, 6.07) is 0. The Bertz CT molecular complexity index is 221. The maximum atomic E-state index is 10.4.